The smallest absolute Gasteiger partial charge is 0.219 e. The van der Waals surface area contributed by atoms with Gasteiger partial charge < -0.3 is 10.6 Å². The first-order chi connectivity index (χ1) is 17.1. The van der Waals surface area contributed by atoms with Crippen molar-refractivity contribution in [1.29, 1.82) is 0 Å². The third kappa shape index (κ3) is 3.79. The van der Waals surface area contributed by atoms with E-state index in [1.165, 1.54) is 0 Å². The molecular weight excluding hydrogens is 436 g/mol. The lowest BCUT2D eigenvalue weighted by molar-refractivity contribution is -0.129. The molecule has 0 spiro atoms. The Balaban J connectivity index is 1.44. The number of pyridine rings is 1. The van der Waals surface area contributed by atoms with Gasteiger partial charge in [-0.05, 0) is 25.0 Å². The lowest BCUT2D eigenvalue weighted by atomic mass is 9.96. The van der Waals surface area contributed by atoms with Crippen molar-refractivity contribution >= 4 is 28.1 Å². The fraction of sp³-hybridized carbons (Fsp3) is 0.214. The number of imidazole rings is 1. The first kappa shape index (κ1) is 21.3. The van der Waals surface area contributed by atoms with Crippen molar-refractivity contribution < 1.29 is 4.79 Å². The summed E-state index contributed by atoms with van der Waals surface area (Å²) >= 11 is 0. The topological polar surface area (TPSA) is 89.4 Å². The monoisotopic (exact) mass is 462 g/mol. The maximum atomic E-state index is 11.8. The lowest BCUT2D eigenvalue weighted by Gasteiger charge is -2.30. The van der Waals surface area contributed by atoms with E-state index in [1.54, 1.807) is 13.1 Å². The fourth-order valence-corrected chi connectivity index (χ4v) is 5.06. The maximum Gasteiger partial charge on any atom is 0.219 e. The Morgan fingerprint density at radius 2 is 1.71 bits per heavy atom. The van der Waals surface area contributed by atoms with Crippen LogP contribution in [-0.4, -0.2) is 43.2 Å². The Bertz CT molecular complexity index is 1550. The van der Waals surface area contributed by atoms with Gasteiger partial charge in [0.2, 0.25) is 5.91 Å². The summed E-state index contributed by atoms with van der Waals surface area (Å²) in [6.07, 6.45) is 5.21. The molecule has 4 heterocycles. The van der Waals surface area contributed by atoms with Gasteiger partial charge in [0.1, 0.15) is 11.6 Å². The second kappa shape index (κ2) is 8.51. The molecule has 0 aliphatic carbocycles. The van der Waals surface area contributed by atoms with Crippen molar-refractivity contribution in [2.75, 3.05) is 18.8 Å². The fourth-order valence-electron chi connectivity index (χ4n) is 5.06. The number of hydrogen-bond acceptors (Lipinski definition) is 5. The van der Waals surface area contributed by atoms with Crippen LogP contribution in [0.3, 0.4) is 0 Å². The second-order valence-electron chi connectivity index (χ2n) is 9.12. The second-order valence-corrected chi connectivity index (χ2v) is 9.12. The highest BCUT2D eigenvalue weighted by Gasteiger charge is 2.27. The molecule has 2 aromatic carbocycles. The normalized spacial score (nSPS) is 14.6. The number of benzene rings is 2. The van der Waals surface area contributed by atoms with E-state index in [0.717, 1.165) is 70.7 Å². The van der Waals surface area contributed by atoms with Crippen molar-refractivity contribution in [2.45, 2.75) is 25.7 Å². The Labute approximate surface area is 203 Å². The first-order valence-electron chi connectivity index (χ1n) is 11.9. The molecule has 0 radical (unpaired) electrons. The summed E-state index contributed by atoms with van der Waals surface area (Å²) in [4.78, 5) is 28.1. The minimum absolute atomic E-state index is 0.124. The zero-order valence-corrected chi connectivity index (χ0v) is 19.6. The van der Waals surface area contributed by atoms with Gasteiger partial charge in [-0.25, -0.2) is 9.97 Å². The number of carbonyl (C=O) groups excluding carboxylic acids is 1. The molecule has 2 N–H and O–H groups in total. The third-order valence-corrected chi connectivity index (χ3v) is 6.94. The molecule has 35 heavy (non-hydrogen) atoms. The number of amides is 1. The Hall–Kier alpha value is -4.26. The van der Waals surface area contributed by atoms with Crippen LogP contribution in [0.2, 0.25) is 0 Å². The van der Waals surface area contributed by atoms with Gasteiger partial charge in [0.05, 0.1) is 34.8 Å². The van der Waals surface area contributed by atoms with Gasteiger partial charge in [-0.3, -0.25) is 14.2 Å². The van der Waals surface area contributed by atoms with Crippen LogP contribution >= 0.6 is 0 Å². The molecule has 7 heteroatoms. The zero-order valence-electron chi connectivity index (χ0n) is 19.6. The van der Waals surface area contributed by atoms with Crippen LogP contribution in [0.4, 0.5) is 5.82 Å². The molecule has 0 bridgehead atoms. The minimum Gasteiger partial charge on any atom is -0.383 e. The molecule has 0 unspecified atom stereocenters. The maximum absolute atomic E-state index is 11.8. The van der Waals surface area contributed by atoms with Crippen molar-refractivity contribution in [3.05, 3.63) is 78.9 Å². The Kier molecular flexibility index (Phi) is 5.17. The van der Waals surface area contributed by atoms with Crippen LogP contribution in [-0.2, 0) is 4.79 Å². The van der Waals surface area contributed by atoms with Crippen molar-refractivity contribution in [1.82, 2.24) is 24.3 Å². The molecule has 6 rings (SSSR count). The van der Waals surface area contributed by atoms with E-state index in [-0.39, 0.29) is 11.8 Å². The summed E-state index contributed by atoms with van der Waals surface area (Å²) in [5.74, 6) is 1.85. The molecule has 1 aliphatic heterocycles. The van der Waals surface area contributed by atoms with E-state index >= 15 is 0 Å². The molecule has 5 aromatic rings. The Morgan fingerprint density at radius 3 is 2.49 bits per heavy atom. The number of nitrogens with zero attached hydrogens (tertiary/aromatic N) is 5. The lowest BCUT2D eigenvalue weighted by Crippen LogP contribution is -2.36. The summed E-state index contributed by atoms with van der Waals surface area (Å²) in [6, 6.07) is 20.6. The number of anilines is 1. The predicted molar refractivity (Wildman–Crippen MR) is 138 cm³/mol. The van der Waals surface area contributed by atoms with Crippen molar-refractivity contribution in [2.24, 2.45) is 0 Å². The van der Waals surface area contributed by atoms with Gasteiger partial charge in [-0.15, -0.1) is 0 Å². The van der Waals surface area contributed by atoms with Crippen LogP contribution < -0.4 is 5.73 Å². The Morgan fingerprint density at radius 1 is 0.943 bits per heavy atom. The molecule has 0 saturated carbocycles. The van der Waals surface area contributed by atoms with Gasteiger partial charge in [-0.1, -0.05) is 48.5 Å². The van der Waals surface area contributed by atoms with Gasteiger partial charge >= 0.3 is 0 Å². The molecule has 174 valence electrons. The van der Waals surface area contributed by atoms with Crippen molar-refractivity contribution in [3.8, 4) is 22.5 Å². The SMILES string of the molecule is CC(=O)N1CCC(c2nc(-c3ccc4ccc(-c5ccccc5)nc4c3)c3cncc(N)n23)CC1. The number of aromatic nitrogens is 4. The van der Waals surface area contributed by atoms with E-state index in [0.29, 0.717) is 5.82 Å². The van der Waals surface area contributed by atoms with E-state index < -0.39 is 0 Å². The largest absolute Gasteiger partial charge is 0.383 e. The molecule has 1 amide bonds. The molecule has 7 nitrogen and oxygen atoms in total. The number of nitrogens with two attached hydrogens (primary N) is 1. The van der Waals surface area contributed by atoms with Gasteiger partial charge in [0.25, 0.3) is 0 Å². The van der Waals surface area contributed by atoms with Crippen LogP contribution in [0.5, 0.6) is 0 Å². The van der Waals surface area contributed by atoms with E-state index in [4.69, 9.17) is 15.7 Å². The number of fused-ring (bicyclic) bond motifs is 2. The summed E-state index contributed by atoms with van der Waals surface area (Å²) in [7, 11) is 0. The summed E-state index contributed by atoms with van der Waals surface area (Å²) < 4.78 is 2.02. The van der Waals surface area contributed by atoms with Gasteiger partial charge in [-0.2, -0.15) is 0 Å². The quantitative estimate of drug-likeness (QED) is 0.411. The molecule has 0 atom stereocenters. The highest BCUT2D eigenvalue weighted by atomic mass is 16.2. The molecular formula is C28H26N6O. The number of hydrogen-bond donors (Lipinski definition) is 1. The minimum atomic E-state index is 0.124. The number of likely N-dealkylation sites (tertiary alicyclic amines) is 1. The number of piperidine rings is 1. The first-order valence-corrected chi connectivity index (χ1v) is 11.9. The number of carbonyl (C=O) groups is 1. The summed E-state index contributed by atoms with van der Waals surface area (Å²) in [6.45, 7) is 3.10. The van der Waals surface area contributed by atoms with Gasteiger partial charge in [0, 0.05) is 42.4 Å². The summed E-state index contributed by atoms with van der Waals surface area (Å²) in [5, 5.41) is 1.08. The predicted octanol–water partition coefficient (Wildman–Crippen LogP) is 4.92. The van der Waals surface area contributed by atoms with Gasteiger partial charge in [0.15, 0.2) is 0 Å². The van der Waals surface area contributed by atoms with Crippen LogP contribution in [0, 0.1) is 0 Å². The zero-order chi connectivity index (χ0) is 23.9. The molecule has 1 fully saturated rings. The van der Waals surface area contributed by atoms with E-state index in [9.17, 15) is 4.79 Å². The third-order valence-electron chi connectivity index (χ3n) is 6.94. The van der Waals surface area contributed by atoms with Crippen molar-refractivity contribution in [3.63, 3.8) is 0 Å². The molecule has 3 aromatic heterocycles. The van der Waals surface area contributed by atoms with Crippen LogP contribution in [0.1, 0.15) is 31.5 Å². The average molecular weight is 463 g/mol. The highest BCUT2D eigenvalue weighted by Crippen LogP contribution is 2.35. The molecule has 1 aliphatic rings. The highest BCUT2D eigenvalue weighted by molar-refractivity contribution is 5.89. The van der Waals surface area contributed by atoms with E-state index in [2.05, 4.69) is 47.4 Å². The number of rotatable bonds is 3. The standard InChI is InChI=1S/C28H26N6O/c1-18(35)33-13-11-21(12-14-33)28-32-27(25-16-30-17-26(29)34(25)28)22-8-7-20-9-10-23(31-24(20)15-22)19-5-3-2-4-6-19/h2-10,15-17,21H,11-14,29H2,1H3. The van der Waals surface area contributed by atoms with Crippen LogP contribution in [0.15, 0.2) is 73.1 Å². The number of nitrogen functional groups attached to an aromatic ring is 1. The molecule has 1 saturated heterocycles. The van der Waals surface area contributed by atoms with E-state index in [1.807, 2.05) is 33.7 Å². The van der Waals surface area contributed by atoms with Crippen LogP contribution in [0.25, 0.3) is 38.9 Å². The summed E-state index contributed by atoms with van der Waals surface area (Å²) in [5.41, 5.74) is 12.0. The average Bonchev–Trinajstić information content (AvgIpc) is 3.30.